The lowest BCUT2D eigenvalue weighted by atomic mass is 10.2. The van der Waals surface area contributed by atoms with E-state index in [-0.39, 0.29) is 0 Å². The van der Waals surface area contributed by atoms with Crippen LogP contribution in [-0.4, -0.2) is 16.6 Å². The van der Waals surface area contributed by atoms with E-state index in [0.29, 0.717) is 23.5 Å². The summed E-state index contributed by atoms with van der Waals surface area (Å²) in [6.45, 7) is 4.08. The predicted molar refractivity (Wildman–Crippen MR) is 77.5 cm³/mol. The molecule has 2 rings (SSSR count). The molecule has 0 bridgehead atoms. The first kappa shape index (κ1) is 13.6. The van der Waals surface area contributed by atoms with Gasteiger partial charge in [0.1, 0.15) is 17.6 Å². The zero-order chi connectivity index (χ0) is 13.7. The van der Waals surface area contributed by atoms with E-state index in [1.165, 1.54) is 0 Å². The fourth-order valence-electron chi connectivity index (χ4n) is 1.59. The second-order valence-electron chi connectivity index (χ2n) is 4.12. The van der Waals surface area contributed by atoms with Gasteiger partial charge in [0.25, 0.3) is 0 Å². The van der Waals surface area contributed by atoms with Gasteiger partial charge in [0.2, 0.25) is 5.88 Å². The minimum absolute atomic E-state index is 0.439. The third kappa shape index (κ3) is 3.80. The monoisotopic (exact) mass is 274 g/mol. The molecule has 0 atom stereocenters. The molecule has 0 fully saturated rings. The van der Waals surface area contributed by atoms with Gasteiger partial charge in [-0.2, -0.15) is 4.98 Å². The SMILES string of the molecule is Cc1nc(Cl)c(C)c(OCC=Cc2ccccc2)n1. The Hall–Kier alpha value is -1.87. The number of rotatable bonds is 4. The second kappa shape index (κ2) is 6.34. The Labute approximate surface area is 117 Å². The van der Waals surface area contributed by atoms with Crippen molar-refractivity contribution in [2.24, 2.45) is 0 Å². The molecule has 0 aliphatic heterocycles. The minimum Gasteiger partial charge on any atom is -0.473 e. The van der Waals surface area contributed by atoms with Crippen molar-refractivity contribution in [2.75, 3.05) is 6.61 Å². The number of aryl methyl sites for hydroxylation is 1. The van der Waals surface area contributed by atoms with Crippen molar-refractivity contribution in [1.29, 1.82) is 0 Å². The highest BCUT2D eigenvalue weighted by Crippen LogP contribution is 2.21. The minimum atomic E-state index is 0.439. The van der Waals surface area contributed by atoms with Crippen molar-refractivity contribution in [3.8, 4) is 5.88 Å². The van der Waals surface area contributed by atoms with E-state index in [9.17, 15) is 0 Å². The lowest BCUT2D eigenvalue weighted by Gasteiger charge is -2.07. The quantitative estimate of drug-likeness (QED) is 0.795. The molecular formula is C15H15ClN2O. The zero-order valence-electron chi connectivity index (χ0n) is 10.9. The van der Waals surface area contributed by atoms with Gasteiger partial charge in [-0.15, -0.1) is 0 Å². The maximum Gasteiger partial charge on any atom is 0.221 e. The van der Waals surface area contributed by atoms with Gasteiger partial charge in [-0.25, -0.2) is 4.98 Å². The van der Waals surface area contributed by atoms with Crippen molar-refractivity contribution in [2.45, 2.75) is 13.8 Å². The van der Waals surface area contributed by atoms with Crippen molar-refractivity contribution >= 4 is 17.7 Å². The molecule has 0 aliphatic carbocycles. The molecule has 4 heteroatoms. The molecule has 0 saturated heterocycles. The third-order valence-electron chi connectivity index (χ3n) is 2.58. The Morgan fingerprint density at radius 2 is 1.89 bits per heavy atom. The van der Waals surface area contributed by atoms with Gasteiger partial charge in [0.15, 0.2) is 0 Å². The number of hydrogen-bond donors (Lipinski definition) is 0. The van der Waals surface area contributed by atoms with Gasteiger partial charge < -0.3 is 4.74 Å². The molecule has 0 saturated carbocycles. The number of benzene rings is 1. The molecule has 0 unspecified atom stereocenters. The molecule has 0 aliphatic rings. The van der Waals surface area contributed by atoms with E-state index in [1.54, 1.807) is 6.92 Å². The number of aromatic nitrogens is 2. The fourth-order valence-corrected chi connectivity index (χ4v) is 1.79. The van der Waals surface area contributed by atoms with Gasteiger partial charge in [-0.05, 0) is 25.5 Å². The maximum atomic E-state index is 5.98. The van der Waals surface area contributed by atoms with Gasteiger partial charge in [0, 0.05) is 5.56 Å². The summed E-state index contributed by atoms with van der Waals surface area (Å²) in [5.41, 5.74) is 1.90. The number of hydrogen-bond acceptors (Lipinski definition) is 3. The Bertz CT molecular complexity index is 582. The van der Waals surface area contributed by atoms with Crippen molar-refractivity contribution in [3.05, 3.63) is 58.5 Å². The Morgan fingerprint density at radius 1 is 1.16 bits per heavy atom. The normalized spacial score (nSPS) is 10.9. The molecular weight excluding hydrogens is 260 g/mol. The van der Waals surface area contributed by atoms with Gasteiger partial charge in [-0.3, -0.25) is 0 Å². The molecule has 2 aromatic rings. The van der Waals surface area contributed by atoms with Gasteiger partial charge >= 0.3 is 0 Å². The third-order valence-corrected chi connectivity index (χ3v) is 2.95. The molecule has 0 spiro atoms. The van der Waals surface area contributed by atoms with Crippen LogP contribution in [0.2, 0.25) is 5.15 Å². The van der Waals surface area contributed by atoms with E-state index >= 15 is 0 Å². The molecule has 3 nitrogen and oxygen atoms in total. The number of nitrogens with zero attached hydrogens (tertiary/aromatic N) is 2. The highest BCUT2D eigenvalue weighted by molar-refractivity contribution is 6.30. The van der Waals surface area contributed by atoms with Crippen molar-refractivity contribution < 1.29 is 4.74 Å². The molecule has 0 radical (unpaired) electrons. The van der Waals surface area contributed by atoms with E-state index in [0.717, 1.165) is 11.1 Å². The molecule has 1 aromatic heterocycles. The average Bonchev–Trinajstić information content (AvgIpc) is 2.41. The largest absolute Gasteiger partial charge is 0.473 e. The summed E-state index contributed by atoms with van der Waals surface area (Å²) in [4.78, 5) is 8.29. The zero-order valence-corrected chi connectivity index (χ0v) is 11.7. The lowest BCUT2D eigenvalue weighted by molar-refractivity contribution is 0.344. The van der Waals surface area contributed by atoms with Gasteiger partial charge in [0.05, 0.1) is 0 Å². The molecule has 1 heterocycles. The second-order valence-corrected chi connectivity index (χ2v) is 4.47. The summed E-state index contributed by atoms with van der Waals surface area (Å²) in [5, 5.41) is 0.439. The molecule has 98 valence electrons. The van der Waals surface area contributed by atoms with Crippen LogP contribution in [0.5, 0.6) is 5.88 Å². The molecule has 0 N–H and O–H groups in total. The van der Waals surface area contributed by atoms with E-state index in [2.05, 4.69) is 9.97 Å². The fraction of sp³-hybridized carbons (Fsp3) is 0.200. The Kier molecular flexibility index (Phi) is 4.53. The first-order valence-corrected chi connectivity index (χ1v) is 6.40. The Morgan fingerprint density at radius 3 is 2.63 bits per heavy atom. The van der Waals surface area contributed by atoms with Crippen LogP contribution >= 0.6 is 11.6 Å². The maximum absolute atomic E-state index is 5.98. The van der Waals surface area contributed by atoms with Crippen LogP contribution in [0.3, 0.4) is 0 Å². The van der Waals surface area contributed by atoms with Crippen LogP contribution in [0.15, 0.2) is 36.4 Å². The highest BCUT2D eigenvalue weighted by Gasteiger charge is 2.07. The summed E-state index contributed by atoms with van der Waals surface area (Å²) < 4.78 is 5.60. The first-order chi connectivity index (χ1) is 9.16. The number of halogens is 1. The predicted octanol–water partition coefficient (Wildman–Crippen LogP) is 3.84. The lowest BCUT2D eigenvalue weighted by Crippen LogP contribution is -2.01. The summed E-state index contributed by atoms with van der Waals surface area (Å²) >= 11 is 5.98. The van der Waals surface area contributed by atoms with Crippen LogP contribution in [0, 0.1) is 13.8 Å². The number of ether oxygens (including phenoxy) is 1. The Balaban J connectivity index is 1.98. The van der Waals surface area contributed by atoms with Crippen LogP contribution in [0.4, 0.5) is 0 Å². The highest BCUT2D eigenvalue weighted by atomic mass is 35.5. The van der Waals surface area contributed by atoms with Crippen molar-refractivity contribution in [3.63, 3.8) is 0 Å². The molecule has 19 heavy (non-hydrogen) atoms. The smallest absolute Gasteiger partial charge is 0.221 e. The molecule has 0 amide bonds. The van der Waals surface area contributed by atoms with Crippen molar-refractivity contribution in [1.82, 2.24) is 9.97 Å². The molecule has 1 aromatic carbocycles. The van der Waals surface area contributed by atoms with E-state index < -0.39 is 0 Å². The first-order valence-electron chi connectivity index (χ1n) is 6.02. The van der Waals surface area contributed by atoms with Crippen LogP contribution in [-0.2, 0) is 0 Å². The van der Waals surface area contributed by atoms with E-state index in [4.69, 9.17) is 16.3 Å². The summed E-state index contributed by atoms with van der Waals surface area (Å²) in [6, 6.07) is 10.1. The summed E-state index contributed by atoms with van der Waals surface area (Å²) in [6.07, 6.45) is 3.95. The summed E-state index contributed by atoms with van der Waals surface area (Å²) in [7, 11) is 0. The van der Waals surface area contributed by atoms with Gasteiger partial charge in [-0.1, -0.05) is 48.0 Å². The average molecular weight is 275 g/mol. The van der Waals surface area contributed by atoms with Crippen LogP contribution in [0.1, 0.15) is 17.0 Å². The summed E-state index contributed by atoms with van der Waals surface area (Å²) in [5.74, 6) is 1.15. The topological polar surface area (TPSA) is 35.0 Å². The standard InChI is InChI=1S/C15H15ClN2O/c1-11-14(16)17-12(2)18-15(11)19-10-6-9-13-7-4-3-5-8-13/h3-9H,10H2,1-2H3. The van der Waals surface area contributed by atoms with E-state index in [1.807, 2.05) is 49.4 Å². The van der Waals surface area contributed by atoms with Crippen LogP contribution in [0.25, 0.3) is 6.08 Å². The van der Waals surface area contributed by atoms with Crippen LogP contribution < -0.4 is 4.74 Å².